The van der Waals surface area contributed by atoms with Gasteiger partial charge in [0.25, 0.3) is 0 Å². The van der Waals surface area contributed by atoms with E-state index in [1.165, 1.54) is 19.3 Å². The third-order valence-corrected chi connectivity index (χ3v) is 2.09. The van der Waals surface area contributed by atoms with E-state index in [4.69, 9.17) is 0 Å². The molecule has 0 nitrogen and oxygen atoms in total. The molecule has 0 radical (unpaired) electrons. The topological polar surface area (TPSA) is 0 Å². The van der Waals surface area contributed by atoms with E-state index in [-0.39, 0.29) is 1.43 Å². The van der Waals surface area contributed by atoms with Crippen molar-refractivity contribution in [2.45, 2.75) is 33.1 Å². The van der Waals surface area contributed by atoms with Crippen LogP contribution in [0.1, 0.15) is 34.5 Å². The van der Waals surface area contributed by atoms with Gasteiger partial charge in [0.15, 0.2) is 0 Å². The molecule has 0 aromatic heterocycles. The lowest BCUT2D eigenvalue weighted by Gasteiger charge is -2.28. The number of rotatable bonds is 1. The first-order valence-electron chi connectivity index (χ1n) is 3.30. The zero-order valence-corrected chi connectivity index (χ0v) is 5.28. The van der Waals surface area contributed by atoms with Crippen molar-refractivity contribution in [3.05, 3.63) is 0 Å². The first kappa shape index (κ1) is 5.14. The van der Waals surface area contributed by atoms with Gasteiger partial charge in [-0.05, 0) is 11.8 Å². The molecule has 1 fully saturated rings. The molecule has 0 aromatic carbocycles. The third-order valence-electron chi connectivity index (χ3n) is 2.09. The van der Waals surface area contributed by atoms with Crippen LogP contribution in [-0.4, -0.2) is 0 Å². The lowest BCUT2D eigenvalue weighted by atomic mass is 9.78. The van der Waals surface area contributed by atoms with Crippen LogP contribution in [0.25, 0.3) is 0 Å². The van der Waals surface area contributed by atoms with Crippen molar-refractivity contribution in [3.8, 4) is 0 Å². The second-order valence-electron chi connectivity index (χ2n) is 2.94. The second kappa shape index (κ2) is 1.85. The van der Waals surface area contributed by atoms with E-state index in [0.717, 1.165) is 11.8 Å². The van der Waals surface area contributed by atoms with Gasteiger partial charge in [-0.1, -0.05) is 33.1 Å². The summed E-state index contributed by atoms with van der Waals surface area (Å²) < 4.78 is 0. The van der Waals surface area contributed by atoms with E-state index in [1.54, 1.807) is 0 Å². The van der Waals surface area contributed by atoms with Crippen molar-refractivity contribution in [1.82, 2.24) is 0 Å². The van der Waals surface area contributed by atoms with Crippen LogP contribution in [0.5, 0.6) is 0 Å². The largest absolute Gasteiger partial charge is 0.0625 e. The quantitative estimate of drug-likeness (QED) is 0.475. The minimum absolute atomic E-state index is 0. The summed E-state index contributed by atoms with van der Waals surface area (Å²) in [7, 11) is 0. The average Bonchev–Trinajstić information content (AvgIpc) is 1.23. The highest BCUT2D eigenvalue weighted by atomic mass is 14.3. The van der Waals surface area contributed by atoms with Gasteiger partial charge < -0.3 is 0 Å². The minimum Gasteiger partial charge on any atom is -0.0625 e. The van der Waals surface area contributed by atoms with Crippen LogP contribution in [0, 0.1) is 11.8 Å². The standard InChI is InChI=1S/C7H14.H2/c1-6(2)7-4-3-5-7;/h6-7H,3-5H2,1-2H3;1H. The van der Waals surface area contributed by atoms with Crippen LogP contribution in [0.2, 0.25) is 0 Å². The van der Waals surface area contributed by atoms with Crippen molar-refractivity contribution in [2.24, 2.45) is 11.8 Å². The predicted molar refractivity (Wildman–Crippen MR) is 34.3 cm³/mol. The molecule has 1 rings (SSSR count). The zero-order valence-electron chi connectivity index (χ0n) is 5.28. The molecule has 7 heavy (non-hydrogen) atoms. The van der Waals surface area contributed by atoms with Crippen LogP contribution in [0.4, 0.5) is 0 Å². The fourth-order valence-corrected chi connectivity index (χ4v) is 1.11. The molecule has 1 aliphatic carbocycles. The Labute approximate surface area is 47.4 Å². The van der Waals surface area contributed by atoms with Crippen molar-refractivity contribution in [2.75, 3.05) is 0 Å². The Morgan fingerprint density at radius 3 is 2.00 bits per heavy atom. The lowest BCUT2D eigenvalue weighted by molar-refractivity contribution is 0.235. The van der Waals surface area contributed by atoms with E-state index >= 15 is 0 Å². The molecule has 0 N–H and O–H groups in total. The molecule has 0 unspecified atom stereocenters. The highest BCUT2D eigenvalue weighted by Gasteiger charge is 2.19. The molecular weight excluding hydrogens is 84.1 g/mol. The highest BCUT2D eigenvalue weighted by molar-refractivity contribution is 4.71. The Morgan fingerprint density at radius 1 is 1.43 bits per heavy atom. The zero-order chi connectivity index (χ0) is 5.28. The summed E-state index contributed by atoms with van der Waals surface area (Å²) in [6.45, 7) is 4.65. The van der Waals surface area contributed by atoms with Gasteiger partial charge in [0.1, 0.15) is 0 Å². The van der Waals surface area contributed by atoms with Gasteiger partial charge in [-0.2, -0.15) is 0 Å². The van der Waals surface area contributed by atoms with Gasteiger partial charge >= 0.3 is 0 Å². The van der Waals surface area contributed by atoms with Gasteiger partial charge in [-0.3, -0.25) is 0 Å². The van der Waals surface area contributed by atoms with E-state index in [0.29, 0.717) is 0 Å². The van der Waals surface area contributed by atoms with Gasteiger partial charge in [0.2, 0.25) is 0 Å². The molecule has 0 heterocycles. The van der Waals surface area contributed by atoms with Gasteiger partial charge in [0.05, 0.1) is 0 Å². The Kier molecular flexibility index (Phi) is 1.36. The number of hydrogen-bond donors (Lipinski definition) is 0. The Bertz CT molecular complexity index is 55.4. The van der Waals surface area contributed by atoms with E-state index in [2.05, 4.69) is 13.8 Å². The molecule has 44 valence electrons. The minimum atomic E-state index is 0. The first-order valence-corrected chi connectivity index (χ1v) is 3.30. The predicted octanol–water partition coefficient (Wildman–Crippen LogP) is 2.69. The number of hydrogen-bond acceptors (Lipinski definition) is 0. The van der Waals surface area contributed by atoms with Crippen LogP contribution in [-0.2, 0) is 0 Å². The molecule has 0 bridgehead atoms. The van der Waals surface area contributed by atoms with E-state index in [1.807, 2.05) is 0 Å². The van der Waals surface area contributed by atoms with Crippen molar-refractivity contribution in [3.63, 3.8) is 0 Å². The summed E-state index contributed by atoms with van der Waals surface area (Å²) in [4.78, 5) is 0. The van der Waals surface area contributed by atoms with Gasteiger partial charge in [-0.25, -0.2) is 0 Å². The summed E-state index contributed by atoms with van der Waals surface area (Å²) in [5.41, 5.74) is 0. The summed E-state index contributed by atoms with van der Waals surface area (Å²) in [5, 5.41) is 0. The summed E-state index contributed by atoms with van der Waals surface area (Å²) in [5.74, 6) is 2.04. The highest BCUT2D eigenvalue weighted by Crippen LogP contribution is 2.32. The summed E-state index contributed by atoms with van der Waals surface area (Å²) >= 11 is 0. The smallest absolute Gasteiger partial charge is 0 e. The van der Waals surface area contributed by atoms with Crippen molar-refractivity contribution >= 4 is 0 Å². The maximum absolute atomic E-state index is 2.32. The Morgan fingerprint density at radius 2 is 2.00 bits per heavy atom. The van der Waals surface area contributed by atoms with Crippen LogP contribution >= 0.6 is 0 Å². The van der Waals surface area contributed by atoms with Crippen LogP contribution < -0.4 is 0 Å². The third kappa shape index (κ3) is 0.960. The molecule has 0 aliphatic heterocycles. The average molecular weight is 100 g/mol. The van der Waals surface area contributed by atoms with E-state index in [9.17, 15) is 0 Å². The molecule has 0 spiro atoms. The maximum atomic E-state index is 2.32. The van der Waals surface area contributed by atoms with Crippen molar-refractivity contribution in [1.29, 1.82) is 0 Å². The molecule has 0 amide bonds. The first-order chi connectivity index (χ1) is 3.30. The van der Waals surface area contributed by atoms with Crippen LogP contribution in [0.3, 0.4) is 0 Å². The molecule has 0 aromatic rings. The lowest BCUT2D eigenvalue weighted by Crippen LogP contribution is -2.16. The second-order valence-corrected chi connectivity index (χ2v) is 2.94. The monoisotopic (exact) mass is 100 g/mol. The SMILES string of the molecule is CC(C)C1CCC1.[HH]. The van der Waals surface area contributed by atoms with Crippen molar-refractivity contribution < 1.29 is 1.43 Å². The summed E-state index contributed by atoms with van der Waals surface area (Å²) in [6.07, 6.45) is 4.48. The Hall–Kier alpha value is 0. The molecule has 1 saturated carbocycles. The molecule has 0 atom stereocenters. The normalized spacial score (nSPS) is 22.7. The molecule has 0 heteroatoms. The Balaban J connectivity index is 0.000000490. The van der Waals surface area contributed by atoms with E-state index < -0.39 is 0 Å². The summed E-state index contributed by atoms with van der Waals surface area (Å²) in [6, 6.07) is 0. The van der Waals surface area contributed by atoms with Crippen LogP contribution in [0.15, 0.2) is 0 Å². The maximum Gasteiger partial charge on any atom is 0 e. The molecular formula is C7H16. The fraction of sp³-hybridized carbons (Fsp3) is 1.00. The van der Waals surface area contributed by atoms with Gasteiger partial charge in [-0.15, -0.1) is 0 Å². The molecule has 1 aliphatic rings. The van der Waals surface area contributed by atoms with Gasteiger partial charge in [0, 0.05) is 1.43 Å². The fourth-order valence-electron chi connectivity index (χ4n) is 1.11. The molecule has 0 saturated heterocycles.